The molecule has 0 aliphatic rings. The minimum Gasteiger partial charge on any atom is -0.361 e. The number of aryl methyl sites for hydroxylation is 27. The molecule has 13 aromatic rings. The van der Waals surface area contributed by atoms with Crippen molar-refractivity contribution in [1.82, 2.24) is 169 Å². The first kappa shape index (κ1) is 141. The van der Waals surface area contributed by atoms with Crippen molar-refractivity contribution in [3.63, 3.8) is 0 Å². The average Bonchev–Trinajstić information content (AvgIpc) is 1.70. The summed E-state index contributed by atoms with van der Waals surface area (Å²) in [5, 5.41) is 71.5. The van der Waals surface area contributed by atoms with Gasteiger partial charge in [0.2, 0.25) is 5.89 Å². The van der Waals surface area contributed by atoms with Crippen LogP contribution < -0.4 is 0 Å². The molecule has 0 aliphatic heterocycles. The molecule has 0 atom stereocenters. The van der Waals surface area contributed by atoms with E-state index in [0.717, 1.165) is 57.7 Å². The van der Waals surface area contributed by atoms with Crippen LogP contribution in [-0.4, -0.2) is 169 Å². The smallest absolute Gasteiger partial charge is 0.223 e. The lowest BCUT2D eigenvalue weighted by Gasteiger charge is -1.90. The van der Waals surface area contributed by atoms with Gasteiger partial charge in [0.15, 0.2) is 11.6 Å². The second-order valence-electron chi connectivity index (χ2n) is 20.7. The van der Waals surface area contributed by atoms with Gasteiger partial charge in [0, 0.05) is 113 Å². The van der Waals surface area contributed by atoms with Gasteiger partial charge >= 0.3 is 0 Å². The van der Waals surface area contributed by atoms with Crippen molar-refractivity contribution < 1.29 is 9.05 Å². The Morgan fingerprint density at radius 1 is 0.354 bits per heavy atom. The van der Waals surface area contributed by atoms with Crippen LogP contribution in [0.1, 0.15) is 241 Å². The molecule has 0 aliphatic carbocycles. The Labute approximate surface area is 686 Å². The van der Waals surface area contributed by atoms with E-state index in [4.69, 9.17) is 4.52 Å². The molecule has 13 aromatic heterocycles. The highest BCUT2D eigenvalue weighted by Crippen LogP contribution is 2.08. The number of rotatable bonds is 0. The largest absolute Gasteiger partial charge is 0.361 e. The monoisotopic (exact) mass is 1600 g/mol. The van der Waals surface area contributed by atoms with Gasteiger partial charge in [-0.05, 0) is 157 Å². The molecule has 0 unspecified atom stereocenters. The summed E-state index contributed by atoms with van der Waals surface area (Å²) in [6, 6.07) is 6.00. The third kappa shape index (κ3) is 68.8. The number of hydrogen-bond donors (Lipinski definition) is 0. The Balaban J connectivity index is -0.0000000635. The van der Waals surface area contributed by atoms with Crippen molar-refractivity contribution in [2.75, 3.05) is 0 Å². The van der Waals surface area contributed by atoms with Crippen LogP contribution in [-0.2, 0) is 77.5 Å². The zero-order valence-electron chi connectivity index (χ0n) is 66.4. The lowest BCUT2D eigenvalue weighted by atomic mass is 10.2. The van der Waals surface area contributed by atoms with Gasteiger partial charge in [0.05, 0.1) is 54.6 Å². The van der Waals surface area contributed by atoms with Crippen LogP contribution in [0.5, 0.6) is 0 Å². The normalized spacial score (nSPS) is 8.10. The quantitative estimate of drug-likeness (QED) is 0.136. The van der Waals surface area contributed by atoms with Crippen LogP contribution in [0.2, 0.25) is 0 Å². The Morgan fingerprint density at radius 2 is 0.823 bits per heavy atom. The van der Waals surface area contributed by atoms with E-state index in [1.165, 1.54) is 44.1 Å². The molecule has 0 aromatic carbocycles. The summed E-state index contributed by atoms with van der Waals surface area (Å²) in [6.45, 7) is 46.9. The molecule has 658 valence electrons. The number of tetrazole rings is 2. The number of aromatic nitrogens is 34. The van der Waals surface area contributed by atoms with Crippen LogP contribution in [0.4, 0.5) is 0 Å². The fourth-order valence-corrected chi connectivity index (χ4v) is 6.50. The fraction of sp³-hybridized carbons (Fsp3) is 0.623. The highest BCUT2D eigenvalue weighted by Gasteiger charge is 2.02. The maximum atomic E-state index is 4.71. The minimum atomic E-state index is 0. The highest BCUT2D eigenvalue weighted by molar-refractivity contribution is 5.21. The molecular weight excluding hydrogens is 1430 g/mol. The van der Waals surface area contributed by atoms with E-state index < -0.39 is 0 Å². The van der Waals surface area contributed by atoms with Gasteiger partial charge in [-0.3, -0.25) is 37.5 Å². The second kappa shape index (κ2) is 80.5. The Kier molecular flexibility index (Phi) is 100. The van der Waals surface area contributed by atoms with E-state index in [-0.39, 0.29) is 96.5 Å². The molecule has 0 bridgehead atoms. The molecule has 36 heteroatoms. The molecule has 0 radical (unpaired) electrons. The van der Waals surface area contributed by atoms with Crippen molar-refractivity contribution in [3.8, 4) is 0 Å². The third-order valence-electron chi connectivity index (χ3n) is 11.8. The van der Waals surface area contributed by atoms with Gasteiger partial charge in [-0.1, -0.05) is 154 Å². The summed E-state index contributed by atoms with van der Waals surface area (Å²) in [7, 11) is 20.5. The van der Waals surface area contributed by atoms with Gasteiger partial charge in [-0.15, -0.1) is 20.4 Å². The molecule has 113 heavy (non-hydrogen) atoms. The number of hydrogen-bond acceptors (Lipinski definition) is 25. The first-order valence-electron chi connectivity index (χ1n) is 32.1. The van der Waals surface area contributed by atoms with Crippen molar-refractivity contribution in [3.05, 3.63) is 171 Å². The van der Waals surface area contributed by atoms with Crippen molar-refractivity contribution in [2.24, 2.45) is 77.5 Å². The maximum absolute atomic E-state index is 4.71. The lowest BCUT2D eigenvalue weighted by Crippen LogP contribution is -1.92. The average molecular weight is 1600 g/mol. The van der Waals surface area contributed by atoms with Crippen LogP contribution in [0.15, 0.2) is 77.1 Å². The molecule has 36 nitrogen and oxygen atoms in total. The Bertz CT molecular complexity index is 3420. The van der Waals surface area contributed by atoms with Gasteiger partial charge in [-0.25, -0.2) is 19.6 Å². The second-order valence-corrected chi connectivity index (χ2v) is 20.7. The van der Waals surface area contributed by atoms with Crippen LogP contribution in [0.3, 0.4) is 0 Å². The van der Waals surface area contributed by atoms with Crippen LogP contribution in [0, 0.1) is 125 Å². The van der Waals surface area contributed by atoms with E-state index in [2.05, 4.69) is 148 Å². The van der Waals surface area contributed by atoms with Crippen LogP contribution >= 0.6 is 0 Å². The van der Waals surface area contributed by atoms with Crippen molar-refractivity contribution in [1.29, 1.82) is 0 Å². The first-order valence-corrected chi connectivity index (χ1v) is 32.1. The van der Waals surface area contributed by atoms with E-state index in [9.17, 15) is 0 Å². The lowest BCUT2D eigenvalue weighted by molar-refractivity contribution is 0.389. The van der Waals surface area contributed by atoms with E-state index in [1.54, 1.807) is 101 Å². The molecule has 13 rings (SSSR count). The molecule has 13 heterocycles. The Morgan fingerprint density at radius 3 is 0.920 bits per heavy atom. The first-order chi connectivity index (χ1) is 47.1. The summed E-state index contributed by atoms with van der Waals surface area (Å²) in [5.41, 5.74) is 10.4. The molecule has 0 N–H and O–H groups in total. The molecule has 0 fully saturated rings. The summed E-state index contributed by atoms with van der Waals surface area (Å²) >= 11 is 0. The zero-order chi connectivity index (χ0) is 77.2. The van der Waals surface area contributed by atoms with Gasteiger partial charge in [0.25, 0.3) is 0 Å². The molecule has 0 saturated heterocycles. The molecule has 0 amide bonds. The SMILES string of the molecule is C.C.C.C.C.C.C.C.C.C.C.C.C.CC.CC.CC.Cc1cc(C)n(C)n1.Cc1cc(C)n(C)n1.Cc1cc(C)on1.Cc1cnn(C)c1.Cc1nc(C)n(C)n1.Cc1nc(C)n(C)n1.Cc1nn(C)c(C)c1C.Cc1nnn(C)n1.Cc1nnnn1C.Cc1noc(C)n1.Cn1ccnn1.Cn1cncn1.Cn1nccn1. The molecule has 0 spiro atoms. The third-order valence-corrected chi connectivity index (χ3v) is 11.8. The van der Waals surface area contributed by atoms with E-state index in [0.29, 0.717) is 17.5 Å². The number of nitrogens with zero attached hydrogens (tertiary/aromatic N) is 34. The van der Waals surface area contributed by atoms with Crippen molar-refractivity contribution in [2.45, 2.75) is 263 Å². The molecule has 0 saturated carbocycles. The van der Waals surface area contributed by atoms with Crippen LogP contribution in [0.25, 0.3) is 0 Å². The van der Waals surface area contributed by atoms with Gasteiger partial charge in [0.1, 0.15) is 47.5 Å². The predicted octanol–water partition coefficient (Wildman–Crippen LogP) is 16.8. The van der Waals surface area contributed by atoms with Crippen molar-refractivity contribution >= 4 is 0 Å². The van der Waals surface area contributed by atoms with E-state index in [1.807, 2.05) is 220 Å². The topological polar surface area (TPSA) is 377 Å². The summed E-state index contributed by atoms with van der Waals surface area (Å²) in [6.07, 6.45) is 13.6. The summed E-state index contributed by atoms with van der Waals surface area (Å²) < 4.78 is 25.2. The zero-order valence-corrected chi connectivity index (χ0v) is 66.4. The fourth-order valence-electron chi connectivity index (χ4n) is 6.50. The standard InChI is InChI=1S/C7H12N2.2C6H10N2.2C5H9N3.C5H8N2.C5H7NO.C4H6N2O.2C3H6N4.3C3H5N3.3C2H6.13CH4/c1-5-6(2)8-9(4)7(5)3;2*1-5-4-6(2)8(3)7-5;2*1-4-6-5(2)8(3)7-4;1-5-3-6-7(2)4-5;1-4-3-5(2)7-6-4;1-3-5-4(2)7-6-3;1-3-4-5-6-7(3)2;1-3-4-6-7(2)5-3;1-6-3-4-2-5-6;1-6-3-2-4-5-6;1-6-4-2-3-5-6;3*1-2;;;;;;;;;;;;;/h1-4H3;2*4H,1-3H3;2*1-3H3;3-4H,1-2H3;3H,1-2H3;3*1-2H3;3*2-3H,1H3;3*1-2H3;13*1H4. The molecular formula is C77H168N34O2. The summed E-state index contributed by atoms with van der Waals surface area (Å²) in [5.74, 6) is 7.33. The van der Waals surface area contributed by atoms with Gasteiger partial charge < -0.3 is 9.05 Å². The highest BCUT2D eigenvalue weighted by atomic mass is 16.5. The maximum Gasteiger partial charge on any atom is 0.223 e. The predicted molar refractivity (Wildman–Crippen MR) is 473 cm³/mol. The van der Waals surface area contributed by atoms with E-state index >= 15 is 0 Å². The minimum absolute atomic E-state index is 0. The summed E-state index contributed by atoms with van der Waals surface area (Å²) in [4.78, 5) is 18.6. The van der Waals surface area contributed by atoms with Gasteiger partial charge in [-0.2, -0.15) is 60.5 Å². The Hall–Kier alpha value is -11.0.